The van der Waals surface area contributed by atoms with Crippen LogP contribution in [0.25, 0.3) is 21.7 Å². The molecule has 0 bridgehead atoms. The Bertz CT molecular complexity index is 1050. The molecule has 3 nitrogen and oxygen atoms in total. The molecule has 0 aliphatic carbocycles. The van der Waals surface area contributed by atoms with Crippen LogP contribution in [0.2, 0.25) is 0 Å². The van der Waals surface area contributed by atoms with Gasteiger partial charge in [-0.05, 0) is 48.6 Å². The Kier molecular flexibility index (Phi) is 13.6. The topological polar surface area (TPSA) is 31.4 Å². The molecule has 0 fully saturated rings. The lowest BCUT2D eigenvalue weighted by Crippen LogP contribution is -2.00. The van der Waals surface area contributed by atoms with Crippen molar-refractivity contribution in [1.82, 2.24) is 4.98 Å². The summed E-state index contributed by atoms with van der Waals surface area (Å²) in [6.45, 7) is 5.75. The Morgan fingerprint density at radius 3 is 1.68 bits per heavy atom. The molecular weight excluding hydrogens is 461 g/mol. The molecule has 0 aliphatic rings. The van der Waals surface area contributed by atoms with E-state index in [-0.39, 0.29) is 5.82 Å². The molecule has 1 aromatic heterocycles. The van der Waals surface area contributed by atoms with Crippen molar-refractivity contribution < 1.29 is 13.9 Å². The molecular formula is C33H48FNO2. The molecule has 37 heavy (non-hydrogen) atoms. The zero-order valence-electron chi connectivity index (χ0n) is 23.3. The van der Waals surface area contributed by atoms with Crippen LogP contribution in [0, 0.1) is 5.82 Å². The van der Waals surface area contributed by atoms with E-state index < -0.39 is 0 Å². The van der Waals surface area contributed by atoms with Crippen molar-refractivity contribution in [3.63, 3.8) is 0 Å². The Morgan fingerprint density at radius 2 is 1.05 bits per heavy atom. The molecule has 0 N–H and O–H groups in total. The van der Waals surface area contributed by atoms with E-state index in [0.717, 1.165) is 35.6 Å². The van der Waals surface area contributed by atoms with E-state index in [1.807, 2.05) is 30.3 Å². The predicted octanol–water partition coefficient (Wildman–Crippen LogP) is 10.6. The minimum Gasteiger partial charge on any atom is -0.490 e. The molecule has 0 spiro atoms. The van der Waals surface area contributed by atoms with Crippen LogP contribution in [-0.4, -0.2) is 18.2 Å². The summed E-state index contributed by atoms with van der Waals surface area (Å²) in [6, 6.07) is 11.3. The molecule has 0 unspecified atom stereocenters. The second-order valence-electron chi connectivity index (χ2n) is 10.4. The van der Waals surface area contributed by atoms with Crippen LogP contribution < -0.4 is 9.47 Å². The SMILES string of the molecule is CCCCCCCCCCCOc1ccc2c(ccc3nc(OCCCCCCCCC)ccc32)c1F. The lowest BCUT2D eigenvalue weighted by molar-refractivity contribution is 0.291. The van der Waals surface area contributed by atoms with Gasteiger partial charge in [0.15, 0.2) is 11.6 Å². The average Bonchev–Trinajstić information content (AvgIpc) is 2.92. The smallest absolute Gasteiger partial charge is 0.213 e. The Balaban J connectivity index is 1.45. The third-order valence-corrected chi connectivity index (χ3v) is 7.24. The number of rotatable bonds is 20. The number of unbranched alkanes of at least 4 members (excludes halogenated alkanes) is 14. The molecule has 3 rings (SSSR count). The number of halogens is 1. The van der Waals surface area contributed by atoms with Crippen molar-refractivity contribution in [2.75, 3.05) is 13.2 Å². The molecule has 0 saturated carbocycles. The zero-order valence-corrected chi connectivity index (χ0v) is 23.3. The van der Waals surface area contributed by atoms with Gasteiger partial charge in [-0.2, -0.15) is 0 Å². The molecule has 4 heteroatoms. The van der Waals surface area contributed by atoms with E-state index >= 15 is 4.39 Å². The monoisotopic (exact) mass is 509 g/mol. The molecule has 0 saturated heterocycles. The van der Waals surface area contributed by atoms with Gasteiger partial charge in [0.25, 0.3) is 0 Å². The summed E-state index contributed by atoms with van der Waals surface area (Å²) in [4.78, 5) is 4.67. The third kappa shape index (κ3) is 9.79. The van der Waals surface area contributed by atoms with E-state index in [1.54, 1.807) is 6.07 Å². The number of ether oxygens (including phenoxy) is 2. The molecule has 0 amide bonds. The summed E-state index contributed by atoms with van der Waals surface area (Å²) in [5, 5.41) is 2.37. The largest absolute Gasteiger partial charge is 0.490 e. The summed E-state index contributed by atoms with van der Waals surface area (Å²) in [5.41, 5.74) is 0.826. The minimum absolute atomic E-state index is 0.283. The molecule has 2 aromatic carbocycles. The number of hydrogen-bond acceptors (Lipinski definition) is 3. The van der Waals surface area contributed by atoms with Crippen LogP contribution in [0.5, 0.6) is 11.6 Å². The van der Waals surface area contributed by atoms with Crippen LogP contribution in [0.1, 0.15) is 117 Å². The van der Waals surface area contributed by atoms with Gasteiger partial charge in [0, 0.05) is 16.8 Å². The van der Waals surface area contributed by atoms with Crippen LogP contribution in [0.4, 0.5) is 4.39 Å². The minimum atomic E-state index is -0.283. The fraction of sp³-hybridized carbons (Fsp3) is 0.606. The zero-order chi connectivity index (χ0) is 26.1. The first-order valence-electron chi connectivity index (χ1n) is 15.0. The first-order chi connectivity index (χ1) is 18.2. The first-order valence-corrected chi connectivity index (χ1v) is 15.0. The molecule has 204 valence electrons. The van der Waals surface area contributed by atoms with E-state index in [0.29, 0.717) is 30.2 Å². The van der Waals surface area contributed by atoms with E-state index in [2.05, 4.69) is 18.8 Å². The van der Waals surface area contributed by atoms with Crippen molar-refractivity contribution in [1.29, 1.82) is 0 Å². The molecule has 1 heterocycles. The summed E-state index contributed by atoms with van der Waals surface area (Å²) in [6.07, 6.45) is 20.1. The van der Waals surface area contributed by atoms with Crippen LogP contribution in [-0.2, 0) is 0 Å². The third-order valence-electron chi connectivity index (χ3n) is 7.24. The van der Waals surface area contributed by atoms with Crippen molar-refractivity contribution in [3.05, 3.63) is 42.2 Å². The Labute approximate surface area is 224 Å². The molecule has 0 atom stereocenters. The van der Waals surface area contributed by atoms with E-state index in [4.69, 9.17) is 9.47 Å². The highest BCUT2D eigenvalue weighted by molar-refractivity contribution is 6.06. The maximum atomic E-state index is 15.2. The lowest BCUT2D eigenvalue weighted by atomic mass is 10.0. The van der Waals surface area contributed by atoms with Gasteiger partial charge in [0.05, 0.1) is 18.7 Å². The van der Waals surface area contributed by atoms with Crippen molar-refractivity contribution >= 4 is 21.7 Å². The number of nitrogens with zero attached hydrogens (tertiary/aromatic N) is 1. The number of hydrogen-bond donors (Lipinski definition) is 0. The quantitative estimate of drug-likeness (QED) is 0.112. The summed E-state index contributed by atoms with van der Waals surface area (Å²) in [5.74, 6) is 0.697. The maximum absolute atomic E-state index is 15.2. The molecule has 0 aliphatic heterocycles. The average molecular weight is 510 g/mol. The van der Waals surface area contributed by atoms with Crippen LogP contribution in [0.3, 0.4) is 0 Å². The fourth-order valence-corrected chi connectivity index (χ4v) is 4.97. The second-order valence-corrected chi connectivity index (χ2v) is 10.4. The van der Waals surface area contributed by atoms with Gasteiger partial charge in [0.1, 0.15) is 0 Å². The number of pyridine rings is 1. The number of aromatic nitrogens is 1. The van der Waals surface area contributed by atoms with Gasteiger partial charge in [0.2, 0.25) is 5.88 Å². The lowest BCUT2D eigenvalue weighted by Gasteiger charge is -2.11. The van der Waals surface area contributed by atoms with Gasteiger partial charge in [-0.3, -0.25) is 0 Å². The number of fused-ring (bicyclic) bond motifs is 3. The normalized spacial score (nSPS) is 11.4. The highest BCUT2D eigenvalue weighted by atomic mass is 19.1. The summed E-state index contributed by atoms with van der Waals surface area (Å²) < 4.78 is 26.9. The van der Waals surface area contributed by atoms with Crippen LogP contribution in [0.15, 0.2) is 36.4 Å². The Hall–Kier alpha value is -2.36. The molecule has 3 aromatic rings. The standard InChI is InChI=1S/C33H48FNO2/c1-3-5-7-9-11-12-14-15-17-25-36-31-23-20-27-28-21-24-32(35-30(28)22-19-29(27)33(31)34)37-26-18-16-13-10-8-6-4-2/h19-24H,3-18,25-26H2,1-2H3. The van der Waals surface area contributed by atoms with Gasteiger partial charge in [-0.1, -0.05) is 104 Å². The summed E-state index contributed by atoms with van der Waals surface area (Å²) in [7, 11) is 0. The van der Waals surface area contributed by atoms with Crippen LogP contribution >= 0.6 is 0 Å². The van der Waals surface area contributed by atoms with E-state index in [1.165, 1.54) is 83.5 Å². The predicted molar refractivity (Wildman–Crippen MR) is 155 cm³/mol. The van der Waals surface area contributed by atoms with Gasteiger partial charge in [-0.15, -0.1) is 0 Å². The van der Waals surface area contributed by atoms with Crippen molar-refractivity contribution in [2.45, 2.75) is 117 Å². The maximum Gasteiger partial charge on any atom is 0.213 e. The molecule has 0 radical (unpaired) electrons. The van der Waals surface area contributed by atoms with Crippen molar-refractivity contribution in [3.8, 4) is 11.6 Å². The highest BCUT2D eigenvalue weighted by Crippen LogP contribution is 2.32. The van der Waals surface area contributed by atoms with E-state index in [9.17, 15) is 0 Å². The highest BCUT2D eigenvalue weighted by Gasteiger charge is 2.12. The van der Waals surface area contributed by atoms with Gasteiger partial charge in [-0.25, -0.2) is 9.37 Å². The second kappa shape index (κ2) is 17.2. The fourth-order valence-electron chi connectivity index (χ4n) is 4.97. The van der Waals surface area contributed by atoms with Gasteiger partial charge >= 0.3 is 0 Å². The Morgan fingerprint density at radius 1 is 0.541 bits per heavy atom. The first kappa shape index (κ1) is 29.2. The summed E-state index contributed by atoms with van der Waals surface area (Å²) >= 11 is 0. The number of benzene rings is 2. The van der Waals surface area contributed by atoms with Crippen molar-refractivity contribution in [2.24, 2.45) is 0 Å². The van der Waals surface area contributed by atoms with Gasteiger partial charge < -0.3 is 9.47 Å².